The van der Waals surface area contributed by atoms with Crippen LogP contribution in [-0.4, -0.2) is 56.7 Å². The highest BCUT2D eigenvalue weighted by Gasteiger charge is 2.42. The smallest absolute Gasteiger partial charge is 0.267 e. The van der Waals surface area contributed by atoms with Crippen LogP contribution in [0.4, 0.5) is 5.82 Å². The van der Waals surface area contributed by atoms with Crippen molar-refractivity contribution in [1.82, 2.24) is 24.6 Å². The van der Waals surface area contributed by atoms with E-state index in [9.17, 15) is 9.59 Å². The molecule has 152 valence electrons. The van der Waals surface area contributed by atoms with Crippen molar-refractivity contribution in [3.63, 3.8) is 0 Å². The van der Waals surface area contributed by atoms with Gasteiger partial charge in [-0.05, 0) is 39.2 Å². The third-order valence-electron chi connectivity index (χ3n) is 6.45. The predicted octanol–water partition coefficient (Wildman–Crippen LogP) is 0.734. The van der Waals surface area contributed by atoms with Gasteiger partial charge in [0.1, 0.15) is 18.2 Å². The van der Waals surface area contributed by atoms with Crippen LogP contribution in [0.5, 0.6) is 0 Å². The fourth-order valence-corrected chi connectivity index (χ4v) is 5.06. The minimum atomic E-state index is -0.234. The maximum Gasteiger partial charge on any atom is 0.267 e. The van der Waals surface area contributed by atoms with E-state index in [1.807, 2.05) is 18.7 Å². The van der Waals surface area contributed by atoms with E-state index >= 15 is 0 Å². The van der Waals surface area contributed by atoms with E-state index < -0.39 is 0 Å². The van der Waals surface area contributed by atoms with Crippen LogP contribution < -0.4 is 10.5 Å². The number of rotatable bonds is 3. The molecule has 8 nitrogen and oxygen atoms in total. The highest BCUT2D eigenvalue weighted by atomic mass is 16.2. The highest BCUT2D eigenvalue weighted by Crippen LogP contribution is 2.37. The Morgan fingerprint density at radius 3 is 2.59 bits per heavy atom. The number of carbonyl (C=O) groups is 1. The molecule has 2 aliphatic heterocycles. The molecule has 4 heterocycles. The molecule has 2 aromatic heterocycles. The first-order valence-corrected chi connectivity index (χ1v) is 10.4. The van der Waals surface area contributed by atoms with Crippen LogP contribution in [0.25, 0.3) is 0 Å². The molecule has 2 aromatic rings. The molecule has 5 rings (SSSR count). The molecule has 2 saturated heterocycles. The number of hydrogen-bond donors (Lipinski definition) is 0. The molecule has 0 spiro atoms. The lowest BCUT2D eigenvalue weighted by molar-refractivity contribution is -0.131. The van der Waals surface area contributed by atoms with E-state index in [0.29, 0.717) is 11.8 Å². The Kier molecular flexibility index (Phi) is 4.37. The molecule has 0 radical (unpaired) electrons. The van der Waals surface area contributed by atoms with Crippen molar-refractivity contribution in [2.24, 2.45) is 11.8 Å². The minimum Gasteiger partial charge on any atom is -0.356 e. The predicted molar refractivity (Wildman–Crippen MR) is 108 cm³/mol. The summed E-state index contributed by atoms with van der Waals surface area (Å²) in [5.41, 5.74) is 3.05. The van der Waals surface area contributed by atoms with E-state index in [1.165, 1.54) is 22.0 Å². The molecule has 2 unspecified atom stereocenters. The zero-order chi connectivity index (χ0) is 20.1. The largest absolute Gasteiger partial charge is 0.356 e. The number of anilines is 1. The molecular weight excluding hydrogens is 368 g/mol. The minimum absolute atomic E-state index is 0.0162. The summed E-state index contributed by atoms with van der Waals surface area (Å²) >= 11 is 0. The highest BCUT2D eigenvalue weighted by molar-refractivity contribution is 5.76. The molecule has 0 bridgehead atoms. The molecule has 0 N–H and O–H groups in total. The Morgan fingerprint density at radius 2 is 1.83 bits per heavy atom. The summed E-state index contributed by atoms with van der Waals surface area (Å²) in [6.07, 6.45) is 3.29. The van der Waals surface area contributed by atoms with Crippen molar-refractivity contribution >= 4 is 11.7 Å². The second-order valence-electron chi connectivity index (χ2n) is 8.57. The second-order valence-corrected chi connectivity index (χ2v) is 8.57. The number of aromatic nitrogens is 4. The third kappa shape index (κ3) is 3.30. The Labute approximate surface area is 169 Å². The normalized spacial score (nSPS) is 22.8. The van der Waals surface area contributed by atoms with Crippen LogP contribution in [-0.2, 0) is 24.2 Å². The van der Waals surface area contributed by atoms with Crippen molar-refractivity contribution in [1.29, 1.82) is 0 Å². The van der Waals surface area contributed by atoms with Gasteiger partial charge in [0.2, 0.25) is 5.91 Å². The number of aryl methyl sites for hydroxylation is 3. The average molecular weight is 394 g/mol. The number of amides is 1. The third-order valence-corrected chi connectivity index (χ3v) is 6.45. The van der Waals surface area contributed by atoms with Gasteiger partial charge in [-0.3, -0.25) is 9.59 Å². The number of likely N-dealkylation sites (tertiary alicyclic amines) is 1. The lowest BCUT2D eigenvalue weighted by atomic mass is 10.0. The Morgan fingerprint density at radius 1 is 1.07 bits per heavy atom. The SMILES string of the molecule is Cc1ccc(=O)n(CC(=O)N2CC3CN(c4nc(C)nc5c4CCC5)CC3C2)n1. The number of nitrogens with zero attached hydrogens (tertiary/aromatic N) is 6. The summed E-state index contributed by atoms with van der Waals surface area (Å²) in [4.78, 5) is 38.4. The summed E-state index contributed by atoms with van der Waals surface area (Å²) in [6.45, 7) is 7.16. The van der Waals surface area contributed by atoms with E-state index in [-0.39, 0.29) is 18.0 Å². The van der Waals surface area contributed by atoms with Gasteiger partial charge in [0.05, 0.1) is 5.69 Å². The van der Waals surface area contributed by atoms with E-state index in [4.69, 9.17) is 4.98 Å². The van der Waals surface area contributed by atoms with Gasteiger partial charge < -0.3 is 9.80 Å². The lowest BCUT2D eigenvalue weighted by Gasteiger charge is -2.24. The van der Waals surface area contributed by atoms with Crippen molar-refractivity contribution in [3.8, 4) is 0 Å². The topological polar surface area (TPSA) is 84.2 Å². The van der Waals surface area contributed by atoms with Crippen molar-refractivity contribution < 1.29 is 4.79 Å². The van der Waals surface area contributed by atoms with Crippen LogP contribution in [0, 0.1) is 25.7 Å². The zero-order valence-electron chi connectivity index (χ0n) is 17.0. The van der Waals surface area contributed by atoms with Crippen LogP contribution >= 0.6 is 0 Å². The van der Waals surface area contributed by atoms with Crippen LogP contribution in [0.1, 0.15) is 29.2 Å². The van der Waals surface area contributed by atoms with E-state index in [0.717, 1.165) is 62.8 Å². The summed E-state index contributed by atoms with van der Waals surface area (Å²) in [7, 11) is 0. The van der Waals surface area contributed by atoms with Crippen molar-refractivity contribution in [2.75, 3.05) is 31.1 Å². The molecule has 1 aliphatic carbocycles. The zero-order valence-corrected chi connectivity index (χ0v) is 17.0. The summed E-state index contributed by atoms with van der Waals surface area (Å²) in [6, 6.07) is 3.14. The fraction of sp³-hybridized carbons (Fsp3) is 0.571. The first-order chi connectivity index (χ1) is 14.0. The van der Waals surface area contributed by atoms with Gasteiger partial charge in [0.25, 0.3) is 5.56 Å². The number of fused-ring (bicyclic) bond motifs is 2. The quantitative estimate of drug-likeness (QED) is 0.763. The molecule has 0 saturated carbocycles. The van der Waals surface area contributed by atoms with Gasteiger partial charge >= 0.3 is 0 Å². The van der Waals surface area contributed by atoms with Crippen LogP contribution in [0.15, 0.2) is 16.9 Å². The molecule has 0 aromatic carbocycles. The first kappa shape index (κ1) is 18.3. The molecule has 2 fully saturated rings. The molecule has 2 atom stereocenters. The molecule has 1 amide bonds. The summed E-state index contributed by atoms with van der Waals surface area (Å²) < 4.78 is 1.27. The number of carbonyl (C=O) groups excluding carboxylic acids is 1. The Bertz CT molecular complexity index is 1020. The van der Waals surface area contributed by atoms with Crippen molar-refractivity contribution in [3.05, 3.63) is 45.3 Å². The van der Waals surface area contributed by atoms with Gasteiger partial charge in [0.15, 0.2) is 0 Å². The lowest BCUT2D eigenvalue weighted by Crippen LogP contribution is -2.38. The van der Waals surface area contributed by atoms with Crippen molar-refractivity contribution in [2.45, 2.75) is 39.7 Å². The van der Waals surface area contributed by atoms with E-state index in [1.54, 1.807) is 6.07 Å². The van der Waals surface area contributed by atoms with Gasteiger partial charge in [-0.2, -0.15) is 5.10 Å². The monoisotopic (exact) mass is 394 g/mol. The van der Waals surface area contributed by atoms with Gasteiger partial charge in [-0.15, -0.1) is 0 Å². The van der Waals surface area contributed by atoms with E-state index in [2.05, 4.69) is 15.0 Å². The van der Waals surface area contributed by atoms with Gasteiger partial charge in [-0.1, -0.05) is 0 Å². The summed E-state index contributed by atoms with van der Waals surface area (Å²) in [5.74, 6) is 2.85. The van der Waals surface area contributed by atoms with Gasteiger partial charge in [0, 0.05) is 55.3 Å². The molecule has 3 aliphatic rings. The first-order valence-electron chi connectivity index (χ1n) is 10.4. The maximum atomic E-state index is 12.8. The molecule has 8 heteroatoms. The maximum absolute atomic E-state index is 12.8. The average Bonchev–Trinajstić information content (AvgIpc) is 3.38. The van der Waals surface area contributed by atoms with Gasteiger partial charge in [-0.25, -0.2) is 14.6 Å². The Hall–Kier alpha value is -2.77. The second kappa shape index (κ2) is 6.93. The Balaban J connectivity index is 1.26. The molecular formula is C21H26N6O2. The standard InChI is InChI=1S/C21H26N6O2/c1-13-6-7-19(28)27(24-13)12-20(29)25-8-15-10-26(11-16(15)9-25)21-17-4-3-5-18(17)22-14(2)23-21/h6-7,15-16H,3-5,8-12H2,1-2H3. The number of hydrogen-bond acceptors (Lipinski definition) is 6. The van der Waals surface area contributed by atoms with Crippen LogP contribution in [0.2, 0.25) is 0 Å². The van der Waals surface area contributed by atoms with Crippen LogP contribution in [0.3, 0.4) is 0 Å². The fourth-order valence-electron chi connectivity index (χ4n) is 5.06. The summed E-state index contributed by atoms with van der Waals surface area (Å²) in [5, 5.41) is 4.18. The molecule has 29 heavy (non-hydrogen) atoms.